The van der Waals surface area contributed by atoms with Crippen LogP contribution in [0, 0.1) is 6.92 Å². The van der Waals surface area contributed by atoms with Crippen LogP contribution in [-0.4, -0.2) is 50.1 Å². The summed E-state index contributed by atoms with van der Waals surface area (Å²) in [6, 6.07) is 12.2. The van der Waals surface area contributed by atoms with Crippen molar-refractivity contribution in [2.75, 3.05) is 26.6 Å². The molecule has 0 fully saturated rings. The number of hydrogen-bond acceptors (Lipinski definition) is 8. The first-order chi connectivity index (χ1) is 14.8. The van der Waals surface area contributed by atoms with Gasteiger partial charge >= 0.3 is 0 Å². The van der Waals surface area contributed by atoms with Crippen LogP contribution < -0.4 is 14.8 Å². The molecule has 1 aromatic heterocycles. The zero-order valence-corrected chi connectivity index (χ0v) is 19.1. The fraction of sp³-hybridized carbons (Fsp3) is 0.250. The van der Waals surface area contributed by atoms with Crippen molar-refractivity contribution in [1.29, 1.82) is 0 Å². The Morgan fingerprint density at radius 3 is 2.48 bits per heavy atom. The van der Waals surface area contributed by atoms with E-state index >= 15 is 0 Å². The molecule has 1 N–H and O–H groups in total. The van der Waals surface area contributed by atoms with Crippen molar-refractivity contribution in [3.05, 3.63) is 59.2 Å². The summed E-state index contributed by atoms with van der Waals surface area (Å²) in [4.78, 5) is 12.4. The molecule has 3 rings (SSSR count). The van der Waals surface area contributed by atoms with E-state index in [1.807, 2.05) is 19.1 Å². The van der Waals surface area contributed by atoms with E-state index in [9.17, 15) is 13.2 Å². The van der Waals surface area contributed by atoms with E-state index < -0.39 is 10.0 Å². The fourth-order valence-corrected chi connectivity index (χ4v) is 5.05. The number of ether oxygens (including phenoxy) is 2. The second-order valence-electron chi connectivity index (χ2n) is 6.59. The van der Waals surface area contributed by atoms with Gasteiger partial charge in [-0.25, -0.2) is 8.42 Å². The Morgan fingerprint density at radius 2 is 1.81 bits per heavy atom. The molecule has 0 aliphatic carbocycles. The van der Waals surface area contributed by atoms with Crippen molar-refractivity contribution >= 4 is 32.4 Å². The lowest BCUT2D eigenvalue weighted by atomic mass is 10.1. The van der Waals surface area contributed by atoms with Crippen molar-refractivity contribution in [3.8, 4) is 11.5 Å². The zero-order chi connectivity index (χ0) is 22.6. The van der Waals surface area contributed by atoms with E-state index in [0.29, 0.717) is 22.6 Å². The van der Waals surface area contributed by atoms with Gasteiger partial charge in [-0.05, 0) is 36.2 Å². The van der Waals surface area contributed by atoms with Gasteiger partial charge in [0.15, 0.2) is 11.5 Å². The molecule has 9 nitrogen and oxygen atoms in total. The third-order valence-corrected chi connectivity index (χ3v) is 7.49. The van der Waals surface area contributed by atoms with Crippen LogP contribution in [0.5, 0.6) is 11.5 Å². The van der Waals surface area contributed by atoms with Crippen LogP contribution in [0.1, 0.15) is 21.5 Å². The van der Waals surface area contributed by atoms with Gasteiger partial charge in [-0.1, -0.05) is 35.6 Å². The lowest BCUT2D eigenvalue weighted by molar-refractivity contribution is 0.102. The predicted octanol–water partition coefficient (Wildman–Crippen LogP) is 2.94. The molecule has 1 amide bonds. The third kappa shape index (κ3) is 5.01. The highest BCUT2D eigenvalue weighted by Crippen LogP contribution is 2.29. The molecule has 0 radical (unpaired) electrons. The van der Waals surface area contributed by atoms with Gasteiger partial charge in [-0.15, -0.1) is 10.2 Å². The van der Waals surface area contributed by atoms with Crippen molar-refractivity contribution < 1.29 is 22.7 Å². The van der Waals surface area contributed by atoms with Gasteiger partial charge < -0.3 is 9.47 Å². The minimum atomic E-state index is -3.91. The topological polar surface area (TPSA) is 111 Å². The SMILES string of the molecule is COc1ccc(CN(C)S(=O)(=O)c2nnc(NC(=O)c3ccccc3C)s2)cc1OC. The third-order valence-electron chi connectivity index (χ3n) is 4.50. The Balaban J connectivity index is 1.74. The number of anilines is 1. The van der Waals surface area contributed by atoms with Crippen molar-refractivity contribution in [2.24, 2.45) is 0 Å². The Bertz CT molecular complexity index is 1190. The minimum absolute atomic E-state index is 0.0904. The van der Waals surface area contributed by atoms with Gasteiger partial charge in [0.2, 0.25) is 9.47 Å². The maximum Gasteiger partial charge on any atom is 0.272 e. The number of amides is 1. The number of carbonyl (C=O) groups excluding carboxylic acids is 1. The van der Waals surface area contributed by atoms with Gasteiger partial charge in [-0.2, -0.15) is 4.31 Å². The molecule has 0 saturated carbocycles. The zero-order valence-electron chi connectivity index (χ0n) is 17.4. The highest BCUT2D eigenvalue weighted by atomic mass is 32.2. The number of methoxy groups -OCH3 is 2. The number of hydrogen-bond donors (Lipinski definition) is 1. The van der Waals surface area contributed by atoms with Crippen LogP contribution in [0.3, 0.4) is 0 Å². The number of carbonyl (C=O) groups is 1. The summed E-state index contributed by atoms with van der Waals surface area (Å²) in [5.74, 6) is 0.676. The number of nitrogens with zero attached hydrogens (tertiary/aromatic N) is 3. The van der Waals surface area contributed by atoms with Crippen molar-refractivity contribution in [2.45, 2.75) is 17.8 Å². The van der Waals surface area contributed by atoms with Crippen molar-refractivity contribution in [3.63, 3.8) is 0 Å². The normalized spacial score (nSPS) is 11.4. The average molecular weight is 463 g/mol. The van der Waals surface area contributed by atoms with Crippen molar-refractivity contribution in [1.82, 2.24) is 14.5 Å². The molecular formula is C20H22N4O5S2. The number of benzene rings is 2. The van der Waals surface area contributed by atoms with Gasteiger partial charge in [0, 0.05) is 19.2 Å². The summed E-state index contributed by atoms with van der Waals surface area (Å²) < 4.78 is 37.2. The number of nitrogens with one attached hydrogen (secondary N) is 1. The number of rotatable bonds is 8. The molecule has 2 aromatic carbocycles. The molecule has 31 heavy (non-hydrogen) atoms. The lowest BCUT2D eigenvalue weighted by Gasteiger charge is -2.16. The molecule has 0 atom stereocenters. The summed E-state index contributed by atoms with van der Waals surface area (Å²) >= 11 is 0.793. The molecule has 0 spiro atoms. The number of aromatic nitrogens is 2. The van der Waals surface area contributed by atoms with E-state index in [1.165, 1.54) is 21.3 Å². The maximum absolute atomic E-state index is 12.9. The Morgan fingerprint density at radius 1 is 1.10 bits per heavy atom. The minimum Gasteiger partial charge on any atom is -0.493 e. The van der Waals surface area contributed by atoms with Crippen LogP contribution in [0.15, 0.2) is 46.8 Å². The number of sulfonamides is 1. The summed E-state index contributed by atoms with van der Waals surface area (Å²) in [5, 5.41) is 10.3. The molecule has 3 aromatic rings. The first-order valence-electron chi connectivity index (χ1n) is 9.14. The molecule has 0 bridgehead atoms. The molecular weight excluding hydrogens is 440 g/mol. The van der Waals surface area contributed by atoms with Gasteiger partial charge in [0.25, 0.3) is 15.9 Å². The van der Waals surface area contributed by atoms with Crippen LogP contribution in [0.2, 0.25) is 0 Å². The highest BCUT2D eigenvalue weighted by Gasteiger charge is 2.26. The Kier molecular flexibility index (Phi) is 6.88. The fourth-order valence-electron chi connectivity index (χ4n) is 2.81. The van der Waals surface area contributed by atoms with E-state index in [2.05, 4.69) is 15.5 Å². The van der Waals surface area contributed by atoms with E-state index in [1.54, 1.807) is 30.3 Å². The molecule has 0 saturated heterocycles. The summed E-state index contributed by atoms with van der Waals surface area (Å²) in [6.07, 6.45) is 0. The maximum atomic E-state index is 12.9. The lowest BCUT2D eigenvalue weighted by Crippen LogP contribution is -2.26. The molecule has 11 heteroatoms. The largest absolute Gasteiger partial charge is 0.493 e. The molecule has 0 aliphatic rings. The van der Waals surface area contributed by atoms with Crippen LogP contribution in [0.25, 0.3) is 0 Å². The number of aryl methyl sites for hydroxylation is 1. The van der Waals surface area contributed by atoms with E-state index in [0.717, 1.165) is 21.2 Å². The monoisotopic (exact) mass is 462 g/mol. The summed E-state index contributed by atoms with van der Waals surface area (Å²) in [6.45, 7) is 1.90. The molecule has 0 aliphatic heterocycles. The van der Waals surface area contributed by atoms with Gasteiger partial charge in [0.1, 0.15) is 0 Å². The first kappa shape index (κ1) is 22.7. The summed E-state index contributed by atoms with van der Waals surface area (Å²) in [7, 11) is 0.575. The van der Waals surface area contributed by atoms with Crippen LogP contribution in [0.4, 0.5) is 5.13 Å². The molecule has 0 unspecified atom stereocenters. The van der Waals surface area contributed by atoms with E-state index in [-0.39, 0.29) is 21.9 Å². The van der Waals surface area contributed by atoms with Crippen LogP contribution in [-0.2, 0) is 16.6 Å². The standard InChI is InChI=1S/C20H22N4O5S2/c1-13-7-5-6-8-15(13)18(25)21-19-22-23-20(30-19)31(26,27)24(2)12-14-9-10-16(28-3)17(11-14)29-4/h5-11H,12H2,1-4H3,(H,21,22,25). The second-order valence-corrected chi connectivity index (χ2v) is 9.79. The average Bonchev–Trinajstić information content (AvgIpc) is 3.23. The van der Waals surface area contributed by atoms with Gasteiger partial charge in [0.05, 0.1) is 14.2 Å². The Labute approximate surface area is 184 Å². The highest BCUT2D eigenvalue weighted by molar-refractivity contribution is 7.91. The second kappa shape index (κ2) is 9.41. The first-order valence-corrected chi connectivity index (χ1v) is 11.4. The van der Waals surface area contributed by atoms with Crippen LogP contribution >= 0.6 is 11.3 Å². The Hall–Kier alpha value is -3.02. The van der Waals surface area contributed by atoms with Gasteiger partial charge in [-0.3, -0.25) is 10.1 Å². The molecule has 164 valence electrons. The quantitative estimate of drug-likeness (QED) is 0.512. The van der Waals surface area contributed by atoms with E-state index in [4.69, 9.17) is 9.47 Å². The molecule has 1 heterocycles. The predicted molar refractivity (Wildman–Crippen MR) is 117 cm³/mol. The summed E-state index contributed by atoms with van der Waals surface area (Å²) in [5.41, 5.74) is 1.99. The smallest absolute Gasteiger partial charge is 0.272 e.